The quantitative estimate of drug-likeness (QED) is 0.513. The van der Waals surface area contributed by atoms with Gasteiger partial charge in [0.15, 0.2) is 5.75 Å². The van der Waals surface area contributed by atoms with Crippen molar-refractivity contribution in [3.05, 3.63) is 33.9 Å². The van der Waals surface area contributed by atoms with E-state index in [9.17, 15) is 24.8 Å². The third-order valence-electron chi connectivity index (χ3n) is 3.83. The second kappa shape index (κ2) is 7.08. The molecule has 1 heterocycles. The number of benzene rings is 1. The molecule has 1 aromatic rings. The Bertz CT molecular complexity index is 622. The number of esters is 1. The van der Waals surface area contributed by atoms with E-state index < -0.39 is 22.3 Å². The van der Waals surface area contributed by atoms with Crippen molar-refractivity contribution in [1.82, 2.24) is 4.90 Å². The van der Waals surface area contributed by atoms with E-state index in [1.807, 2.05) is 0 Å². The second-order valence-electron chi connectivity index (χ2n) is 5.25. The number of piperidine rings is 1. The molecule has 0 bridgehead atoms. The summed E-state index contributed by atoms with van der Waals surface area (Å²) in [5, 5.41) is 20.7. The summed E-state index contributed by atoms with van der Waals surface area (Å²) in [4.78, 5) is 35.9. The fourth-order valence-electron chi connectivity index (χ4n) is 2.64. The molecule has 1 aliphatic heterocycles. The molecule has 2 rings (SSSR count). The van der Waals surface area contributed by atoms with Crippen molar-refractivity contribution in [1.29, 1.82) is 0 Å². The fourth-order valence-corrected chi connectivity index (χ4v) is 2.64. The van der Waals surface area contributed by atoms with E-state index in [0.717, 1.165) is 0 Å². The van der Waals surface area contributed by atoms with Crippen molar-refractivity contribution in [3.8, 4) is 5.75 Å². The number of hydrogen-bond donors (Lipinski definition) is 1. The number of nitro benzene ring substituents is 1. The molecule has 1 N–H and O–H groups in total. The SMILES string of the molecule is CCOC(=O)C1CCN(C(=O)c2cccc(O)c2[N+](=O)[O-])CC1. The molecule has 0 aromatic heterocycles. The van der Waals surface area contributed by atoms with Crippen LogP contribution < -0.4 is 0 Å². The van der Waals surface area contributed by atoms with Crippen LogP contribution in [0.3, 0.4) is 0 Å². The number of ether oxygens (including phenoxy) is 1. The lowest BCUT2D eigenvalue weighted by molar-refractivity contribution is -0.386. The molecule has 1 aromatic carbocycles. The van der Waals surface area contributed by atoms with E-state index in [1.165, 1.54) is 23.1 Å². The van der Waals surface area contributed by atoms with Crippen molar-refractivity contribution >= 4 is 17.6 Å². The summed E-state index contributed by atoms with van der Waals surface area (Å²) >= 11 is 0. The van der Waals surface area contributed by atoms with Gasteiger partial charge >= 0.3 is 11.7 Å². The Morgan fingerprint density at radius 3 is 2.61 bits per heavy atom. The second-order valence-corrected chi connectivity index (χ2v) is 5.25. The van der Waals surface area contributed by atoms with E-state index in [4.69, 9.17) is 4.74 Å². The average Bonchev–Trinajstić information content (AvgIpc) is 2.54. The molecule has 0 spiro atoms. The number of nitro groups is 1. The van der Waals surface area contributed by atoms with Gasteiger partial charge in [-0.05, 0) is 31.9 Å². The summed E-state index contributed by atoms with van der Waals surface area (Å²) in [6.07, 6.45) is 0.911. The molecule has 0 aliphatic carbocycles. The molecule has 0 radical (unpaired) electrons. The van der Waals surface area contributed by atoms with Gasteiger partial charge in [0.2, 0.25) is 0 Å². The third kappa shape index (κ3) is 3.58. The number of phenols is 1. The van der Waals surface area contributed by atoms with Gasteiger partial charge in [0.25, 0.3) is 5.91 Å². The monoisotopic (exact) mass is 322 g/mol. The van der Waals surface area contributed by atoms with Gasteiger partial charge in [-0.3, -0.25) is 19.7 Å². The average molecular weight is 322 g/mol. The van der Waals surface area contributed by atoms with Crippen molar-refractivity contribution in [2.75, 3.05) is 19.7 Å². The summed E-state index contributed by atoms with van der Waals surface area (Å²) in [5.74, 6) is -1.58. The van der Waals surface area contributed by atoms with E-state index in [-0.39, 0.29) is 17.5 Å². The molecule has 1 aliphatic rings. The number of hydrogen-bond acceptors (Lipinski definition) is 6. The molecule has 8 heteroatoms. The Morgan fingerprint density at radius 1 is 1.39 bits per heavy atom. The maximum absolute atomic E-state index is 12.5. The van der Waals surface area contributed by atoms with Gasteiger partial charge in [0.1, 0.15) is 5.56 Å². The van der Waals surface area contributed by atoms with E-state index in [0.29, 0.717) is 32.5 Å². The molecular formula is C15H18N2O6. The molecule has 124 valence electrons. The minimum atomic E-state index is -0.770. The molecule has 0 unspecified atom stereocenters. The van der Waals surface area contributed by atoms with E-state index >= 15 is 0 Å². The lowest BCUT2D eigenvalue weighted by Crippen LogP contribution is -2.40. The number of para-hydroxylation sites is 1. The summed E-state index contributed by atoms with van der Waals surface area (Å²) in [5.41, 5.74) is -0.741. The zero-order valence-corrected chi connectivity index (χ0v) is 12.7. The first kappa shape index (κ1) is 16.7. The van der Waals surface area contributed by atoms with Crippen molar-refractivity contribution in [3.63, 3.8) is 0 Å². The summed E-state index contributed by atoms with van der Waals surface area (Å²) in [7, 11) is 0. The predicted molar refractivity (Wildman–Crippen MR) is 80.0 cm³/mol. The van der Waals surface area contributed by atoms with Crippen LogP contribution in [0.15, 0.2) is 18.2 Å². The van der Waals surface area contributed by atoms with Crippen LogP contribution in [0, 0.1) is 16.0 Å². The van der Waals surface area contributed by atoms with Crippen LogP contribution in [0.4, 0.5) is 5.69 Å². The standard InChI is InChI=1S/C15H18N2O6/c1-2-23-15(20)10-6-8-16(9-7-10)14(19)11-4-3-5-12(18)13(11)17(21)22/h3-5,10,18H,2,6-9H2,1H3. The van der Waals surface area contributed by atoms with Crippen LogP contribution in [-0.4, -0.2) is 46.5 Å². The lowest BCUT2D eigenvalue weighted by atomic mass is 9.96. The van der Waals surface area contributed by atoms with Crippen LogP contribution >= 0.6 is 0 Å². The summed E-state index contributed by atoms with van der Waals surface area (Å²) in [6, 6.07) is 3.88. The maximum atomic E-state index is 12.5. The number of aromatic hydroxyl groups is 1. The number of rotatable bonds is 4. The van der Waals surface area contributed by atoms with Crippen LogP contribution in [0.25, 0.3) is 0 Å². The number of carbonyl (C=O) groups is 2. The third-order valence-corrected chi connectivity index (χ3v) is 3.83. The molecule has 1 fully saturated rings. The first-order valence-corrected chi connectivity index (χ1v) is 7.38. The highest BCUT2D eigenvalue weighted by molar-refractivity contribution is 5.99. The summed E-state index contributed by atoms with van der Waals surface area (Å²) in [6.45, 7) is 2.68. The van der Waals surface area contributed by atoms with Crippen LogP contribution in [0.1, 0.15) is 30.1 Å². The van der Waals surface area contributed by atoms with Crippen LogP contribution in [0.5, 0.6) is 5.75 Å². The smallest absolute Gasteiger partial charge is 0.323 e. The van der Waals surface area contributed by atoms with Gasteiger partial charge in [-0.1, -0.05) is 6.07 Å². The largest absolute Gasteiger partial charge is 0.502 e. The van der Waals surface area contributed by atoms with Gasteiger partial charge in [0.05, 0.1) is 17.4 Å². The van der Waals surface area contributed by atoms with Crippen molar-refractivity contribution in [2.45, 2.75) is 19.8 Å². The maximum Gasteiger partial charge on any atom is 0.323 e. The molecule has 0 atom stereocenters. The van der Waals surface area contributed by atoms with E-state index in [2.05, 4.69) is 0 Å². The highest BCUT2D eigenvalue weighted by Crippen LogP contribution is 2.31. The minimum absolute atomic E-state index is 0.149. The first-order chi connectivity index (χ1) is 11.0. The van der Waals surface area contributed by atoms with E-state index in [1.54, 1.807) is 6.92 Å². The predicted octanol–water partition coefficient (Wildman–Crippen LogP) is 1.72. The zero-order valence-electron chi connectivity index (χ0n) is 12.7. The number of nitrogens with zero attached hydrogens (tertiary/aromatic N) is 2. The Kier molecular flexibility index (Phi) is 5.15. The molecular weight excluding hydrogens is 304 g/mol. The molecule has 1 amide bonds. The highest BCUT2D eigenvalue weighted by Gasteiger charge is 2.32. The minimum Gasteiger partial charge on any atom is -0.502 e. The van der Waals surface area contributed by atoms with Crippen molar-refractivity contribution in [2.24, 2.45) is 5.92 Å². The number of likely N-dealkylation sites (tertiary alicyclic amines) is 1. The zero-order chi connectivity index (χ0) is 17.0. The summed E-state index contributed by atoms with van der Waals surface area (Å²) < 4.78 is 4.96. The Morgan fingerprint density at radius 2 is 2.04 bits per heavy atom. The number of phenolic OH excluding ortho intramolecular Hbond substituents is 1. The fraction of sp³-hybridized carbons (Fsp3) is 0.467. The van der Waals surface area contributed by atoms with Crippen molar-refractivity contribution < 1.29 is 24.4 Å². The van der Waals surface area contributed by atoms with Gasteiger partial charge in [0, 0.05) is 13.1 Å². The Hall–Kier alpha value is -2.64. The molecule has 8 nitrogen and oxygen atoms in total. The Balaban J connectivity index is 2.11. The lowest BCUT2D eigenvalue weighted by Gasteiger charge is -2.30. The van der Waals surface area contributed by atoms with Crippen LogP contribution in [0.2, 0.25) is 0 Å². The Labute approximate surface area is 132 Å². The molecule has 1 saturated heterocycles. The number of carbonyl (C=O) groups excluding carboxylic acids is 2. The topological polar surface area (TPSA) is 110 Å². The normalized spacial score (nSPS) is 15.3. The highest BCUT2D eigenvalue weighted by atomic mass is 16.6. The van der Waals surface area contributed by atoms with Crippen LogP contribution in [-0.2, 0) is 9.53 Å². The van der Waals surface area contributed by atoms with Gasteiger partial charge < -0.3 is 14.7 Å². The van der Waals surface area contributed by atoms with Gasteiger partial charge in [-0.15, -0.1) is 0 Å². The van der Waals surface area contributed by atoms with Gasteiger partial charge in [-0.25, -0.2) is 0 Å². The molecule has 23 heavy (non-hydrogen) atoms. The van der Waals surface area contributed by atoms with Gasteiger partial charge in [-0.2, -0.15) is 0 Å². The first-order valence-electron chi connectivity index (χ1n) is 7.38. The molecule has 0 saturated carbocycles. The number of amides is 1.